The van der Waals surface area contributed by atoms with E-state index in [1.807, 2.05) is 0 Å². The number of amides is 3. The lowest BCUT2D eigenvalue weighted by molar-refractivity contribution is -0.142. The minimum Gasteiger partial charge on any atom is -0.480 e. The fourth-order valence-corrected chi connectivity index (χ4v) is 2.37. The van der Waals surface area contributed by atoms with Crippen molar-refractivity contribution in [3.8, 4) is 0 Å². The predicted molar refractivity (Wildman–Crippen MR) is 71.2 cm³/mol. The van der Waals surface area contributed by atoms with Crippen molar-refractivity contribution in [1.29, 1.82) is 0 Å². The zero-order chi connectivity index (χ0) is 14.5. The van der Waals surface area contributed by atoms with Gasteiger partial charge in [0.2, 0.25) is 5.91 Å². The van der Waals surface area contributed by atoms with Gasteiger partial charge in [-0.3, -0.25) is 4.79 Å². The third-order valence-corrected chi connectivity index (χ3v) is 3.64. The number of carbonyl (C=O) groups is 3. The number of hydrogen-bond acceptors (Lipinski definition) is 3. The molecule has 1 atom stereocenters. The molecule has 1 unspecified atom stereocenters. The Morgan fingerprint density at radius 1 is 1.10 bits per heavy atom. The van der Waals surface area contributed by atoms with Crippen molar-refractivity contribution in [2.24, 2.45) is 0 Å². The molecule has 1 aliphatic heterocycles. The summed E-state index contributed by atoms with van der Waals surface area (Å²) in [7, 11) is 0. The van der Waals surface area contributed by atoms with E-state index in [9.17, 15) is 19.5 Å². The molecular weight excluding hydrogens is 262 g/mol. The van der Waals surface area contributed by atoms with Crippen LogP contribution < -0.4 is 10.6 Å². The van der Waals surface area contributed by atoms with E-state index in [0.717, 1.165) is 32.1 Å². The molecule has 0 bridgehead atoms. The molecule has 2 aliphatic rings. The quantitative estimate of drug-likeness (QED) is 0.691. The summed E-state index contributed by atoms with van der Waals surface area (Å²) in [6.07, 6.45) is 4.99. The van der Waals surface area contributed by atoms with Gasteiger partial charge in [0.25, 0.3) is 0 Å². The number of carboxylic acids is 1. The molecular formula is C13H21N3O4. The maximum Gasteiger partial charge on any atom is 0.326 e. The minimum absolute atomic E-state index is 0.0990. The van der Waals surface area contributed by atoms with Crippen LogP contribution in [-0.4, -0.2) is 53.1 Å². The number of carboxylic acid groups (broad SMARTS) is 1. The largest absolute Gasteiger partial charge is 0.480 e. The Kier molecular flexibility index (Phi) is 4.81. The van der Waals surface area contributed by atoms with Gasteiger partial charge in [-0.25, -0.2) is 9.59 Å². The van der Waals surface area contributed by atoms with Crippen molar-refractivity contribution in [1.82, 2.24) is 15.5 Å². The number of aliphatic carboxylic acids is 1. The van der Waals surface area contributed by atoms with Gasteiger partial charge in [-0.05, 0) is 25.7 Å². The lowest BCUT2D eigenvalue weighted by Crippen LogP contribution is -2.51. The summed E-state index contributed by atoms with van der Waals surface area (Å²) >= 11 is 0. The first kappa shape index (κ1) is 14.6. The Morgan fingerprint density at radius 2 is 1.85 bits per heavy atom. The third-order valence-electron chi connectivity index (χ3n) is 3.64. The third kappa shape index (κ3) is 4.11. The Bertz CT molecular complexity index is 395. The zero-order valence-electron chi connectivity index (χ0n) is 11.4. The van der Waals surface area contributed by atoms with Crippen LogP contribution in [0.2, 0.25) is 0 Å². The second kappa shape index (κ2) is 6.58. The zero-order valence-corrected chi connectivity index (χ0v) is 11.4. The van der Waals surface area contributed by atoms with Gasteiger partial charge in [-0.1, -0.05) is 12.8 Å². The fourth-order valence-electron chi connectivity index (χ4n) is 2.37. The molecule has 7 heteroatoms. The van der Waals surface area contributed by atoms with Crippen LogP contribution in [0.4, 0.5) is 4.79 Å². The topological polar surface area (TPSA) is 98.7 Å². The summed E-state index contributed by atoms with van der Waals surface area (Å²) in [6, 6.07) is -1.00. The molecule has 0 radical (unpaired) electrons. The smallest absolute Gasteiger partial charge is 0.326 e. The highest BCUT2D eigenvalue weighted by Crippen LogP contribution is 2.18. The monoisotopic (exact) mass is 283 g/mol. The SMILES string of the molecule is O=C(CNC(=O)N1CCCCCC1C(=O)O)NC1CC1. The molecule has 2 fully saturated rings. The molecule has 0 aromatic heterocycles. The molecule has 0 aromatic rings. The molecule has 112 valence electrons. The lowest BCUT2D eigenvalue weighted by Gasteiger charge is -2.26. The van der Waals surface area contributed by atoms with Crippen LogP contribution in [0.25, 0.3) is 0 Å². The Labute approximate surface area is 117 Å². The number of carbonyl (C=O) groups excluding carboxylic acids is 2. The Balaban J connectivity index is 1.84. The second-order valence-corrected chi connectivity index (χ2v) is 5.40. The van der Waals surface area contributed by atoms with Gasteiger partial charge >= 0.3 is 12.0 Å². The van der Waals surface area contributed by atoms with Gasteiger partial charge in [0.15, 0.2) is 0 Å². The average molecular weight is 283 g/mol. The van der Waals surface area contributed by atoms with Crippen molar-refractivity contribution in [3.63, 3.8) is 0 Å². The van der Waals surface area contributed by atoms with Crippen molar-refractivity contribution < 1.29 is 19.5 Å². The number of rotatable bonds is 4. The molecule has 7 nitrogen and oxygen atoms in total. The number of urea groups is 1. The molecule has 0 aromatic carbocycles. The van der Waals surface area contributed by atoms with E-state index in [1.54, 1.807) is 0 Å². The molecule has 0 spiro atoms. The number of hydrogen-bond donors (Lipinski definition) is 3. The van der Waals surface area contributed by atoms with Crippen molar-refractivity contribution in [2.45, 2.75) is 50.6 Å². The molecule has 1 saturated carbocycles. The van der Waals surface area contributed by atoms with Crippen molar-refractivity contribution in [2.75, 3.05) is 13.1 Å². The normalized spacial score (nSPS) is 22.8. The van der Waals surface area contributed by atoms with E-state index in [-0.39, 0.29) is 18.5 Å². The highest BCUT2D eigenvalue weighted by atomic mass is 16.4. The number of nitrogens with one attached hydrogen (secondary N) is 2. The van der Waals surface area contributed by atoms with Gasteiger partial charge < -0.3 is 20.6 Å². The van der Waals surface area contributed by atoms with Crippen LogP contribution in [0, 0.1) is 0 Å². The number of nitrogens with zero attached hydrogens (tertiary/aromatic N) is 1. The van der Waals surface area contributed by atoms with Crippen LogP contribution in [0.5, 0.6) is 0 Å². The van der Waals surface area contributed by atoms with E-state index in [4.69, 9.17) is 0 Å². The molecule has 1 aliphatic carbocycles. The summed E-state index contributed by atoms with van der Waals surface area (Å²) in [5.41, 5.74) is 0. The molecule has 20 heavy (non-hydrogen) atoms. The van der Waals surface area contributed by atoms with E-state index in [1.165, 1.54) is 4.90 Å². The first-order valence-electron chi connectivity index (χ1n) is 7.14. The summed E-state index contributed by atoms with van der Waals surface area (Å²) in [5.74, 6) is -1.20. The number of likely N-dealkylation sites (tertiary alicyclic amines) is 1. The van der Waals surface area contributed by atoms with Crippen LogP contribution in [-0.2, 0) is 9.59 Å². The minimum atomic E-state index is -0.982. The van der Waals surface area contributed by atoms with E-state index >= 15 is 0 Å². The average Bonchev–Trinajstić information content (AvgIpc) is 3.21. The summed E-state index contributed by atoms with van der Waals surface area (Å²) < 4.78 is 0. The highest BCUT2D eigenvalue weighted by molar-refractivity contribution is 5.86. The first-order valence-corrected chi connectivity index (χ1v) is 7.14. The van der Waals surface area contributed by atoms with E-state index < -0.39 is 18.0 Å². The second-order valence-electron chi connectivity index (χ2n) is 5.40. The molecule has 1 heterocycles. The van der Waals surface area contributed by atoms with Gasteiger partial charge in [-0.2, -0.15) is 0 Å². The summed E-state index contributed by atoms with van der Waals surface area (Å²) in [4.78, 5) is 36.1. The maximum absolute atomic E-state index is 12.0. The molecule has 1 saturated heterocycles. The fraction of sp³-hybridized carbons (Fsp3) is 0.769. The Hall–Kier alpha value is -1.79. The van der Waals surface area contributed by atoms with Crippen LogP contribution >= 0.6 is 0 Å². The standard InChI is InChI=1S/C13H21N3O4/c17-11(15-9-5-6-9)8-14-13(20)16-7-3-1-2-4-10(16)12(18)19/h9-10H,1-8H2,(H,14,20)(H,15,17)(H,18,19). The first-order chi connectivity index (χ1) is 9.58. The summed E-state index contributed by atoms with van der Waals surface area (Å²) in [5, 5.41) is 14.5. The van der Waals surface area contributed by atoms with Crippen LogP contribution in [0.1, 0.15) is 38.5 Å². The van der Waals surface area contributed by atoms with Crippen LogP contribution in [0.15, 0.2) is 0 Å². The van der Waals surface area contributed by atoms with Crippen LogP contribution in [0.3, 0.4) is 0 Å². The predicted octanol–water partition coefficient (Wildman–Crippen LogP) is 0.304. The lowest BCUT2D eigenvalue weighted by atomic mass is 10.1. The van der Waals surface area contributed by atoms with Gasteiger partial charge in [0.05, 0.1) is 6.54 Å². The van der Waals surface area contributed by atoms with Gasteiger partial charge in [0.1, 0.15) is 6.04 Å². The summed E-state index contributed by atoms with van der Waals surface area (Å²) in [6.45, 7) is 0.325. The van der Waals surface area contributed by atoms with Crippen molar-refractivity contribution >= 4 is 17.9 Å². The van der Waals surface area contributed by atoms with Gasteiger partial charge in [0, 0.05) is 12.6 Å². The molecule has 3 N–H and O–H groups in total. The molecule has 2 rings (SSSR count). The molecule has 3 amide bonds. The van der Waals surface area contributed by atoms with E-state index in [0.29, 0.717) is 13.0 Å². The van der Waals surface area contributed by atoms with Gasteiger partial charge in [-0.15, -0.1) is 0 Å². The highest BCUT2D eigenvalue weighted by Gasteiger charge is 2.31. The van der Waals surface area contributed by atoms with E-state index in [2.05, 4.69) is 10.6 Å². The Morgan fingerprint density at radius 3 is 2.50 bits per heavy atom. The maximum atomic E-state index is 12.0. The van der Waals surface area contributed by atoms with Crippen molar-refractivity contribution in [3.05, 3.63) is 0 Å².